The predicted molar refractivity (Wildman–Crippen MR) is 135 cm³/mol. The largest absolute Gasteiger partial charge is 0.391 e. The molecule has 174 valence electrons. The van der Waals surface area contributed by atoms with Gasteiger partial charge in [0.25, 0.3) is 0 Å². The van der Waals surface area contributed by atoms with Gasteiger partial charge in [-0.15, -0.1) is 5.10 Å². The maximum atomic E-state index is 10.1. The Morgan fingerprint density at radius 2 is 2.09 bits per heavy atom. The number of aliphatic hydroxyl groups is 1. The van der Waals surface area contributed by atoms with E-state index < -0.39 is 5.54 Å². The number of thioether (sulfide) groups is 1. The van der Waals surface area contributed by atoms with E-state index in [0.717, 1.165) is 66.6 Å². The van der Waals surface area contributed by atoms with E-state index in [-0.39, 0.29) is 6.10 Å². The Hall–Kier alpha value is -2.29. The molecule has 2 unspecified atom stereocenters. The minimum atomic E-state index is -0.404. The lowest BCUT2D eigenvalue weighted by atomic mass is 9.92. The molecule has 2 N–H and O–H groups in total. The summed E-state index contributed by atoms with van der Waals surface area (Å²) in [7, 11) is 0. The first-order valence-electron chi connectivity index (χ1n) is 11.5. The van der Waals surface area contributed by atoms with Crippen LogP contribution in [0.1, 0.15) is 37.1 Å². The zero-order chi connectivity index (χ0) is 22.8. The van der Waals surface area contributed by atoms with Gasteiger partial charge in [0.2, 0.25) is 0 Å². The molecule has 2 atom stereocenters. The molecule has 1 aromatic heterocycles. The van der Waals surface area contributed by atoms with Crippen LogP contribution >= 0.6 is 23.4 Å². The van der Waals surface area contributed by atoms with Crippen molar-refractivity contribution >= 4 is 34.7 Å². The molecule has 5 rings (SSSR count). The highest BCUT2D eigenvalue weighted by Crippen LogP contribution is 2.40. The fraction of sp³-hybridized carbons (Fsp3) is 0.458. The first kappa shape index (κ1) is 22.5. The van der Waals surface area contributed by atoms with Gasteiger partial charge in [-0.2, -0.15) is 16.4 Å². The maximum Gasteiger partial charge on any atom is 0.182 e. The van der Waals surface area contributed by atoms with Crippen molar-refractivity contribution in [3.05, 3.63) is 58.9 Å². The topological polar surface area (TPSA) is 79.1 Å². The number of halogens is 1. The Bertz CT molecular complexity index is 1120. The molecular weight excluding hydrogens is 456 g/mol. The Morgan fingerprint density at radius 1 is 1.21 bits per heavy atom. The summed E-state index contributed by atoms with van der Waals surface area (Å²) in [6.45, 7) is 3.81. The van der Waals surface area contributed by atoms with Crippen LogP contribution < -0.4 is 10.2 Å². The van der Waals surface area contributed by atoms with Crippen LogP contribution in [-0.2, 0) is 5.54 Å². The number of nitrogens with one attached hydrogen (secondary N) is 1. The number of para-hydroxylation sites is 1. The van der Waals surface area contributed by atoms with Crippen molar-refractivity contribution < 1.29 is 5.11 Å². The monoisotopic (exact) mass is 484 g/mol. The van der Waals surface area contributed by atoms with Crippen LogP contribution in [0, 0.1) is 6.92 Å². The number of hydrogen-bond donors (Lipinski definition) is 2. The van der Waals surface area contributed by atoms with Crippen LogP contribution in [0.5, 0.6) is 0 Å². The van der Waals surface area contributed by atoms with Crippen LogP contribution in [0.25, 0.3) is 5.69 Å². The first-order chi connectivity index (χ1) is 16.1. The minimum absolute atomic E-state index is 0.247. The molecule has 0 radical (unpaired) electrons. The number of aryl methyl sites for hydroxylation is 1. The van der Waals surface area contributed by atoms with E-state index in [4.69, 9.17) is 11.6 Å². The average molecular weight is 485 g/mol. The van der Waals surface area contributed by atoms with E-state index >= 15 is 0 Å². The molecular formula is C24H29ClN6OS. The summed E-state index contributed by atoms with van der Waals surface area (Å²) in [5, 5.41) is 27.4. The van der Waals surface area contributed by atoms with Crippen molar-refractivity contribution in [2.45, 2.75) is 44.2 Å². The number of piperidine rings is 1. The summed E-state index contributed by atoms with van der Waals surface area (Å²) in [5.74, 6) is 2.79. The third-order valence-electron chi connectivity index (χ3n) is 6.56. The third-order valence-corrected chi connectivity index (χ3v) is 8.16. The van der Waals surface area contributed by atoms with E-state index in [1.165, 1.54) is 5.56 Å². The molecule has 33 heavy (non-hydrogen) atoms. The van der Waals surface area contributed by atoms with Gasteiger partial charge in [0.1, 0.15) is 5.54 Å². The van der Waals surface area contributed by atoms with Gasteiger partial charge in [-0.1, -0.05) is 23.7 Å². The first-order valence-corrected chi connectivity index (χ1v) is 13.0. The number of benzene rings is 2. The fourth-order valence-corrected chi connectivity index (χ4v) is 6.23. The minimum Gasteiger partial charge on any atom is -0.391 e. The van der Waals surface area contributed by atoms with Crippen LogP contribution in [-0.4, -0.2) is 56.0 Å². The number of anilines is 2. The van der Waals surface area contributed by atoms with Gasteiger partial charge in [-0.25, -0.2) is 0 Å². The highest BCUT2D eigenvalue weighted by atomic mass is 35.5. The predicted octanol–water partition coefficient (Wildman–Crippen LogP) is 4.42. The summed E-state index contributed by atoms with van der Waals surface area (Å²) in [6.07, 6.45) is 3.67. The molecule has 2 aromatic carbocycles. The van der Waals surface area contributed by atoms with Crippen molar-refractivity contribution in [2.75, 3.05) is 34.8 Å². The Kier molecular flexibility index (Phi) is 6.49. The second-order valence-electron chi connectivity index (χ2n) is 8.97. The smallest absolute Gasteiger partial charge is 0.182 e. The normalized spacial score (nSPS) is 23.5. The number of aliphatic hydroxyl groups excluding tert-OH is 1. The molecule has 2 saturated heterocycles. The lowest BCUT2D eigenvalue weighted by molar-refractivity contribution is 0.154. The zero-order valence-electron chi connectivity index (χ0n) is 18.7. The molecule has 0 spiro atoms. The Balaban J connectivity index is 1.48. The lowest BCUT2D eigenvalue weighted by Crippen LogP contribution is -2.43. The van der Waals surface area contributed by atoms with Crippen LogP contribution in [0.4, 0.5) is 11.4 Å². The van der Waals surface area contributed by atoms with Crippen LogP contribution in [0.15, 0.2) is 42.5 Å². The molecule has 0 aliphatic carbocycles. The number of aromatic nitrogens is 4. The zero-order valence-corrected chi connectivity index (χ0v) is 20.3. The third kappa shape index (κ3) is 4.56. The highest BCUT2D eigenvalue weighted by molar-refractivity contribution is 7.99. The van der Waals surface area contributed by atoms with Crippen molar-refractivity contribution in [3.63, 3.8) is 0 Å². The van der Waals surface area contributed by atoms with Gasteiger partial charge in [0.05, 0.1) is 16.8 Å². The van der Waals surface area contributed by atoms with Gasteiger partial charge >= 0.3 is 0 Å². The number of tetrazole rings is 1. The lowest BCUT2D eigenvalue weighted by Gasteiger charge is -2.38. The van der Waals surface area contributed by atoms with Gasteiger partial charge < -0.3 is 15.3 Å². The molecule has 2 fully saturated rings. The average Bonchev–Trinajstić information content (AvgIpc) is 3.32. The van der Waals surface area contributed by atoms with Crippen molar-refractivity contribution in [1.82, 2.24) is 20.2 Å². The second kappa shape index (κ2) is 9.52. The van der Waals surface area contributed by atoms with E-state index in [2.05, 4.69) is 50.9 Å². The van der Waals surface area contributed by atoms with E-state index in [9.17, 15) is 5.11 Å². The number of rotatable bonds is 5. The molecule has 2 aliphatic rings. The van der Waals surface area contributed by atoms with E-state index in [1.54, 1.807) is 4.68 Å². The standard InChI is InChI=1S/C24H29ClN6OS/c1-17-14-18(30-12-4-6-19(32)15-30)9-10-21(17)26-24(11-5-13-33-16-24)23-27-28-29-31(23)22-8-3-2-7-20(22)25/h2-3,7-10,14,19,26,32H,4-6,11-13,15-16H2,1H3. The quantitative estimate of drug-likeness (QED) is 0.555. The SMILES string of the molecule is Cc1cc(N2CCCC(O)C2)ccc1NC1(c2nnnn2-c2ccccc2Cl)CCCSC1. The van der Waals surface area contributed by atoms with Gasteiger partial charge in [0, 0.05) is 30.2 Å². The summed E-state index contributed by atoms with van der Waals surface area (Å²) in [5.41, 5.74) is 3.78. The highest BCUT2D eigenvalue weighted by Gasteiger charge is 2.40. The van der Waals surface area contributed by atoms with E-state index in [0.29, 0.717) is 11.6 Å². The molecule has 3 aromatic rings. The maximum absolute atomic E-state index is 10.1. The molecule has 0 bridgehead atoms. The molecule has 2 aliphatic heterocycles. The summed E-state index contributed by atoms with van der Waals surface area (Å²) in [6, 6.07) is 14.2. The molecule has 0 saturated carbocycles. The van der Waals surface area contributed by atoms with Gasteiger partial charge in [-0.05, 0) is 84.7 Å². The number of hydrogen-bond acceptors (Lipinski definition) is 7. The Morgan fingerprint density at radius 3 is 2.85 bits per heavy atom. The molecule has 9 heteroatoms. The van der Waals surface area contributed by atoms with Gasteiger partial charge in [-0.3, -0.25) is 0 Å². The van der Waals surface area contributed by atoms with Crippen molar-refractivity contribution in [1.29, 1.82) is 0 Å². The Labute approximate surface area is 203 Å². The fourth-order valence-electron chi connectivity index (χ4n) is 4.83. The summed E-state index contributed by atoms with van der Waals surface area (Å²) in [4.78, 5) is 2.27. The van der Waals surface area contributed by atoms with Crippen molar-refractivity contribution in [2.24, 2.45) is 0 Å². The van der Waals surface area contributed by atoms with Crippen LogP contribution in [0.2, 0.25) is 5.02 Å². The van der Waals surface area contributed by atoms with Crippen molar-refractivity contribution in [3.8, 4) is 5.69 Å². The number of β-amino-alcohol motifs (C(OH)–C–C–N with tert-alkyl or cyclic N) is 1. The molecule has 0 amide bonds. The molecule has 7 nitrogen and oxygen atoms in total. The van der Waals surface area contributed by atoms with Crippen LogP contribution in [0.3, 0.4) is 0 Å². The second-order valence-corrected chi connectivity index (χ2v) is 10.5. The summed E-state index contributed by atoms with van der Waals surface area (Å²) >= 11 is 8.41. The summed E-state index contributed by atoms with van der Waals surface area (Å²) < 4.78 is 1.78. The molecule has 3 heterocycles. The number of nitrogens with zero attached hydrogens (tertiary/aromatic N) is 5. The van der Waals surface area contributed by atoms with E-state index in [1.807, 2.05) is 36.0 Å². The van der Waals surface area contributed by atoms with Gasteiger partial charge in [0.15, 0.2) is 5.82 Å².